The van der Waals surface area contributed by atoms with Crippen LogP contribution < -0.4 is 0 Å². The van der Waals surface area contributed by atoms with Crippen molar-refractivity contribution in [2.75, 3.05) is 39.6 Å². The second-order valence-corrected chi connectivity index (χ2v) is 35.2. The molecule has 0 aliphatic carbocycles. The molecule has 0 aliphatic rings. The summed E-state index contributed by atoms with van der Waals surface area (Å²) in [6, 6.07) is 0. The maximum Gasteiger partial charge on any atom is 0.472 e. The van der Waals surface area contributed by atoms with E-state index >= 15 is 0 Å². The number of phosphoric ester groups is 2. The number of hydrogen-bond acceptors (Lipinski definition) is 15. The predicted molar refractivity (Wildman–Crippen MR) is 428 cm³/mol. The van der Waals surface area contributed by atoms with Crippen LogP contribution in [0.25, 0.3) is 0 Å². The Morgan fingerprint density at radius 3 is 0.683 bits per heavy atom. The number of esters is 4. The lowest BCUT2D eigenvalue weighted by molar-refractivity contribution is -0.161. The zero-order valence-corrected chi connectivity index (χ0v) is 70.5. The van der Waals surface area contributed by atoms with Crippen LogP contribution in [0.5, 0.6) is 0 Å². The Bertz CT molecular complexity index is 2030. The number of aliphatic hydroxyl groups is 1. The Balaban J connectivity index is 5.24. The highest BCUT2D eigenvalue weighted by atomic mass is 31.2. The molecule has 0 aromatic carbocycles. The molecule has 0 radical (unpaired) electrons. The fraction of sp³-hybridized carbons (Fsp3) is 0.953. The van der Waals surface area contributed by atoms with Crippen molar-refractivity contribution in [3.63, 3.8) is 0 Å². The summed E-state index contributed by atoms with van der Waals surface area (Å²) >= 11 is 0. The van der Waals surface area contributed by atoms with E-state index < -0.39 is 97.5 Å². The molecule has 3 N–H and O–H groups in total. The zero-order valence-electron chi connectivity index (χ0n) is 68.7. The molecule has 0 fully saturated rings. The minimum atomic E-state index is -4.97. The Morgan fingerprint density at radius 2 is 0.462 bits per heavy atom. The molecule has 0 saturated carbocycles. The SMILES string of the molecule is CCC(C)CCCCCCCCCCCCCCCCCCCCC(=O)O[C@H](COC(=O)CCCCCCCCCCCCCCCCC(C)C)COP(=O)(O)OC[C@@H](O)COP(=O)(O)OC[C@@H](COC(=O)CCCCCCCCCCC(C)C)OC(=O)CCCCCCCCCCCCCC(C)C. The van der Waals surface area contributed by atoms with Crippen LogP contribution in [0.3, 0.4) is 0 Å². The lowest BCUT2D eigenvalue weighted by Gasteiger charge is -2.21. The van der Waals surface area contributed by atoms with Gasteiger partial charge in [-0.15, -0.1) is 0 Å². The highest BCUT2D eigenvalue weighted by Crippen LogP contribution is 2.45. The van der Waals surface area contributed by atoms with Crippen molar-refractivity contribution in [3.05, 3.63) is 0 Å². The van der Waals surface area contributed by atoms with Gasteiger partial charge in [0.1, 0.15) is 19.3 Å². The van der Waals surface area contributed by atoms with Crippen LogP contribution >= 0.6 is 15.6 Å². The Labute approximate surface area is 638 Å². The number of carbonyl (C=O) groups excluding carboxylic acids is 4. The monoisotopic (exact) mass is 1520 g/mol. The fourth-order valence-electron chi connectivity index (χ4n) is 13.1. The number of phosphoric acid groups is 2. The van der Waals surface area contributed by atoms with E-state index in [1.165, 1.54) is 244 Å². The summed E-state index contributed by atoms with van der Waals surface area (Å²) in [5.41, 5.74) is 0. The summed E-state index contributed by atoms with van der Waals surface area (Å²) in [7, 11) is -9.93. The highest BCUT2D eigenvalue weighted by molar-refractivity contribution is 7.47. The Morgan fingerprint density at radius 1 is 0.269 bits per heavy atom. The van der Waals surface area contributed by atoms with Crippen molar-refractivity contribution in [1.29, 1.82) is 0 Å². The van der Waals surface area contributed by atoms with Crippen LogP contribution in [0.4, 0.5) is 0 Å². The Hall–Kier alpha value is -1.94. The normalized spacial score (nSPS) is 14.2. The minimum absolute atomic E-state index is 0.106. The first-order valence-electron chi connectivity index (χ1n) is 43.7. The first kappa shape index (κ1) is 102. The van der Waals surface area contributed by atoms with Crippen molar-refractivity contribution < 1.29 is 80.2 Å². The first-order valence-corrected chi connectivity index (χ1v) is 46.7. The van der Waals surface area contributed by atoms with E-state index in [1.807, 2.05) is 0 Å². The van der Waals surface area contributed by atoms with E-state index in [2.05, 4.69) is 55.4 Å². The number of hydrogen-bond donors (Lipinski definition) is 3. The van der Waals surface area contributed by atoms with Gasteiger partial charge in [-0.3, -0.25) is 37.3 Å². The number of unbranched alkanes of at least 4 members (excludes halogenated alkanes) is 47. The van der Waals surface area contributed by atoms with Crippen LogP contribution in [0.1, 0.15) is 441 Å². The van der Waals surface area contributed by atoms with Gasteiger partial charge in [-0.2, -0.15) is 0 Å². The molecule has 0 aliphatic heterocycles. The number of ether oxygens (including phenoxy) is 4. The maximum atomic E-state index is 13.1. The second-order valence-electron chi connectivity index (χ2n) is 32.2. The molecule has 0 amide bonds. The predicted octanol–water partition coefficient (Wildman–Crippen LogP) is 25.6. The van der Waals surface area contributed by atoms with Gasteiger partial charge in [-0.05, 0) is 49.4 Å². The van der Waals surface area contributed by atoms with Gasteiger partial charge in [0.2, 0.25) is 0 Å². The van der Waals surface area contributed by atoms with E-state index in [0.717, 1.165) is 114 Å². The molecule has 0 aromatic heterocycles. The largest absolute Gasteiger partial charge is 0.472 e. The van der Waals surface area contributed by atoms with Crippen molar-refractivity contribution in [1.82, 2.24) is 0 Å². The molecular formula is C85H166O17P2. The van der Waals surface area contributed by atoms with E-state index in [0.29, 0.717) is 25.7 Å². The van der Waals surface area contributed by atoms with Crippen LogP contribution in [-0.2, 0) is 65.4 Å². The van der Waals surface area contributed by atoms with E-state index in [4.69, 9.17) is 37.0 Å². The lowest BCUT2D eigenvalue weighted by atomic mass is 9.99. The summed E-state index contributed by atoms with van der Waals surface area (Å²) in [4.78, 5) is 73.2. The number of rotatable bonds is 82. The molecule has 17 nitrogen and oxygen atoms in total. The average Bonchev–Trinajstić information content (AvgIpc) is 0.915. The molecule has 0 spiro atoms. The summed E-state index contributed by atoms with van der Waals surface area (Å²) in [6.45, 7) is 14.3. The molecule has 3 unspecified atom stereocenters. The van der Waals surface area contributed by atoms with Crippen molar-refractivity contribution >= 4 is 39.5 Å². The second kappa shape index (κ2) is 73.8. The van der Waals surface area contributed by atoms with Gasteiger partial charge in [-0.1, -0.05) is 389 Å². The maximum absolute atomic E-state index is 13.1. The van der Waals surface area contributed by atoms with Gasteiger partial charge < -0.3 is 33.8 Å². The zero-order chi connectivity index (χ0) is 76.7. The van der Waals surface area contributed by atoms with E-state index in [-0.39, 0.29) is 25.7 Å². The third-order valence-corrected chi connectivity index (χ3v) is 22.1. The summed E-state index contributed by atoms with van der Waals surface area (Å²) < 4.78 is 68.8. The molecular weight excluding hydrogens is 1350 g/mol. The van der Waals surface area contributed by atoms with Crippen LogP contribution in [0.2, 0.25) is 0 Å². The van der Waals surface area contributed by atoms with Crippen molar-refractivity contribution in [3.8, 4) is 0 Å². The molecule has 0 bridgehead atoms. The molecule has 618 valence electrons. The van der Waals surface area contributed by atoms with Gasteiger partial charge >= 0.3 is 39.5 Å². The molecule has 104 heavy (non-hydrogen) atoms. The summed E-state index contributed by atoms with van der Waals surface area (Å²) in [6.07, 6.45) is 62.5. The smallest absolute Gasteiger partial charge is 0.462 e. The van der Waals surface area contributed by atoms with E-state index in [9.17, 15) is 43.2 Å². The van der Waals surface area contributed by atoms with Gasteiger partial charge in [0.05, 0.1) is 26.4 Å². The quantitative estimate of drug-likeness (QED) is 0.0222. The first-order chi connectivity index (χ1) is 50.1. The molecule has 0 saturated heterocycles. The number of aliphatic hydroxyl groups excluding tert-OH is 1. The third-order valence-electron chi connectivity index (χ3n) is 20.2. The molecule has 0 aromatic rings. The molecule has 6 atom stereocenters. The lowest BCUT2D eigenvalue weighted by Crippen LogP contribution is -2.30. The summed E-state index contributed by atoms with van der Waals surface area (Å²) in [5, 5.41) is 10.7. The molecule has 0 heterocycles. The van der Waals surface area contributed by atoms with Crippen LogP contribution in [0, 0.1) is 23.7 Å². The topological polar surface area (TPSA) is 237 Å². The van der Waals surface area contributed by atoms with Crippen molar-refractivity contribution in [2.24, 2.45) is 23.7 Å². The fourth-order valence-corrected chi connectivity index (χ4v) is 14.7. The standard InChI is InChI=1S/C85H166O17P2/c1-9-78(8)64-56-48-40-31-25-19-14-12-10-11-13-15-21-27-33-43-51-59-67-84(89)101-80(71-95-82(87)65-57-49-41-32-26-20-17-16-18-23-29-37-45-53-61-75(2)3)73-99-103(91,92)97-69-79(86)70-98-104(93,94)100-74-81(72-96-83(88)66-58-50-42-36-35-39-47-55-63-77(6)7)102-85(90)68-60-52-44-34-28-22-24-30-38-46-54-62-76(4)5/h75-81,86H,9-74H2,1-8H3,(H,91,92)(H,93,94)/t78?,79-,80-,81-/m1/s1. The van der Waals surface area contributed by atoms with Gasteiger partial charge in [0.15, 0.2) is 12.2 Å². The van der Waals surface area contributed by atoms with Crippen molar-refractivity contribution in [2.45, 2.75) is 459 Å². The van der Waals surface area contributed by atoms with E-state index in [1.54, 1.807) is 0 Å². The average molecular weight is 1520 g/mol. The van der Waals surface area contributed by atoms with Crippen LogP contribution in [0.15, 0.2) is 0 Å². The summed E-state index contributed by atoms with van der Waals surface area (Å²) in [5.74, 6) is 1.05. The van der Waals surface area contributed by atoms with Gasteiger partial charge in [0.25, 0.3) is 0 Å². The third kappa shape index (κ3) is 76.8. The molecule has 0 rings (SSSR count). The minimum Gasteiger partial charge on any atom is -0.462 e. The van der Waals surface area contributed by atoms with Gasteiger partial charge in [0, 0.05) is 25.7 Å². The van der Waals surface area contributed by atoms with Crippen LogP contribution in [-0.4, -0.2) is 96.7 Å². The highest BCUT2D eigenvalue weighted by Gasteiger charge is 2.30. The van der Waals surface area contributed by atoms with Gasteiger partial charge in [-0.25, -0.2) is 9.13 Å². The molecule has 19 heteroatoms. The Kier molecular flexibility index (Phi) is 72.5. The number of carbonyl (C=O) groups is 4.